The highest BCUT2D eigenvalue weighted by molar-refractivity contribution is 7.19. The molecule has 2 heterocycles. The van der Waals surface area contributed by atoms with Gasteiger partial charge in [-0.3, -0.25) is 4.79 Å². The molecule has 1 unspecified atom stereocenters. The van der Waals surface area contributed by atoms with Crippen LogP contribution in [0.15, 0.2) is 0 Å². The monoisotopic (exact) mass is 298 g/mol. The van der Waals surface area contributed by atoms with Crippen molar-refractivity contribution in [1.29, 1.82) is 0 Å². The summed E-state index contributed by atoms with van der Waals surface area (Å²) in [5.74, 6) is -0.850. The molecule has 1 aromatic rings. The van der Waals surface area contributed by atoms with Crippen LogP contribution in [0.2, 0.25) is 0 Å². The molecule has 1 aromatic heterocycles. The van der Waals surface area contributed by atoms with Crippen molar-refractivity contribution in [3.05, 3.63) is 10.4 Å². The first-order valence-corrected chi connectivity index (χ1v) is 7.04. The summed E-state index contributed by atoms with van der Waals surface area (Å²) in [5, 5.41) is 3.17. The quantitative estimate of drug-likeness (QED) is 0.678. The lowest BCUT2D eigenvalue weighted by Crippen LogP contribution is -2.26. The Morgan fingerprint density at radius 1 is 1.50 bits per heavy atom. The van der Waals surface area contributed by atoms with E-state index in [1.165, 1.54) is 25.5 Å². The lowest BCUT2D eigenvalue weighted by molar-refractivity contribution is 0.0603. The van der Waals surface area contributed by atoms with Crippen molar-refractivity contribution < 1.29 is 14.3 Å². The van der Waals surface area contributed by atoms with Gasteiger partial charge >= 0.3 is 5.97 Å². The fraction of sp³-hybridized carbons (Fsp3) is 0.500. The topological polar surface area (TPSA) is 111 Å². The fourth-order valence-corrected chi connectivity index (χ4v) is 3.40. The number of thiophene rings is 1. The second-order valence-electron chi connectivity index (χ2n) is 4.59. The van der Waals surface area contributed by atoms with Gasteiger partial charge in [0.05, 0.1) is 12.8 Å². The molecular formula is C12H18N4O3S. The van der Waals surface area contributed by atoms with Gasteiger partial charge in [-0.15, -0.1) is 11.3 Å². The first-order valence-electron chi connectivity index (χ1n) is 6.22. The Morgan fingerprint density at radius 2 is 2.20 bits per heavy atom. The maximum Gasteiger partial charge on any atom is 0.343 e. The molecule has 1 fully saturated rings. The Hall–Kier alpha value is -1.80. The van der Waals surface area contributed by atoms with E-state index in [2.05, 4.69) is 5.32 Å². The Labute approximate surface area is 120 Å². The van der Waals surface area contributed by atoms with Crippen molar-refractivity contribution in [2.75, 3.05) is 37.9 Å². The molecule has 0 bridgehead atoms. The van der Waals surface area contributed by atoms with Gasteiger partial charge in [0.1, 0.15) is 15.4 Å². The summed E-state index contributed by atoms with van der Waals surface area (Å²) in [4.78, 5) is 26.0. The van der Waals surface area contributed by atoms with Crippen LogP contribution < -0.4 is 21.7 Å². The van der Waals surface area contributed by atoms with Crippen LogP contribution in [-0.4, -0.2) is 45.2 Å². The predicted octanol–water partition coefficient (Wildman–Crippen LogP) is 0.0139. The average Bonchev–Trinajstić information content (AvgIpc) is 3.01. The largest absolute Gasteiger partial charge is 0.465 e. The van der Waals surface area contributed by atoms with Gasteiger partial charge in [-0.25, -0.2) is 4.79 Å². The van der Waals surface area contributed by atoms with Gasteiger partial charge in [-0.2, -0.15) is 0 Å². The van der Waals surface area contributed by atoms with Gasteiger partial charge in [-0.05, 0) is 6.42 Å². The highest BCUT2D eigenvalue weighted by Gasteiger charge is 2.31. The van der Waals surface area contributed by atoms with Crippen molar-refractivity contribution in [1.82, 2.24) is 5.32 Å². The number of hydrogen-bond acceptors (Lipinski definition) is 7. The number of hydrogen-bond donors (Lipinski definition) is 3. The Kier molecular flexibility index (Phi) is 4.15. The van der Waals surface area contributed by atoms with Crippen LogP contribution in [0.1, 0.15) is 26.5 Å². The van der Waals surface area contributed by atoms with Gasteiger partial charge in [-0.1, -0.05) is 0 Å². The van der Waals surface area contributed by atoms with Crippen LogP contribution in [0.5, 0.6) is 0 Å². The number of ether oxygens (including phenoxy) is 1. The molecule has 2 rings (SSSR count). The van der Waals surface area contributed by atoms with Crippen molar-refractivity contribution in [3.8, 4) is 0 Å². The normalized spacial score (nSPS) is 18.1. The molecule has 0 spiro atoms. The van der Waals surface area contributed by atoms with Gasteiger partial charge in [0.15, 0.2) is 0 Å². The standard InChI is InChI=1S/C12H18N4O3S/c1-15-10(17)9-8(14)7(12(18)19-2)11(20-9)16-4-3-6(13)5-16/h6H,3-5,13-14H2,1-2H3,(H,15,17). The number of nitrogens with one attached hydrogen (secondary N) is 1. The molecule has 7 nitrogen and oxygen atoms in total. The molecule has 1 amide bonds. The summed E-state index contributed by atoms with van der Waals surface area (Å²) < 4.78 is 4.77. The SMILES string of the molecule is CNC(=O)c1sc(N2CCC(N)C2)c(C(=O)OC)c1N. The second-order valence-corrected chi connectivity index (χ2v) is 5.59. The number of methoxy groups -OCH3 is 1. The zero-order chi connectivity index (χ0) is 14.9. The number of nitrogen functional groups attached to an aromatic ring is 1. The van der Waals surface area contributed by atoms with E-state index in [4.69, 9.17) is 16.2 Å². The van der Waals surface area contributed by atoms with E-state index in [9.17, 15) is 9.59 Å². The summed E-state index contributed by atoms with van der Waals surface area (Å²) in [6.07, 6.45) is 0.841. The van der Waals surface area contributed by atoms with E-state index in [0.29, 0.717) is 16.4 Å². The molecule has 0 aromatic carbocycles. The minimum atomic E-state index is -0.538. The maximum atomic E-state index is 11.9. The Bertz CT molecular complexity index is 543. The first-order chi connectivity index (χ1) is 9.49. The maximum absolute atomic E-state index is 11.9. The van der Waals surface area contributed by atoms with Crippen molar-refractivity contribution in [3.63, 3.8) is 0 Å². The van der Waals surface area contributed by atoms with Crippen LogP contribution in [0.4, 0.5) is 10.7 Å². The number of carbonyl (C=O) groups excluding carboxylic acids is 2. The summed E-state index contributed by atoms with van der Waals surface area (Å²) in [6, 6.07) is 0.0623. The number of esters is 1. The third-order valence-electron chi connectivity index (χ3n) is 3.26. The van der Waals surface area contributed by atoms with Crippen molar-refractivity contribution in [2.24, 2.45) is 5.73 Å². The van der Waals surface area contributed by atoms with Crippen LogP contribution in [-0.2, 0) is 4.74 Å². The van der Waals surface area contributed by atoms with E-state index in [1.807, 2.05) is 4.90 Å². The molecule has 0 aliphatic carbocycles. The minimum Gasteiger partial charge on any atom is -0.465 e. The van der Waals surface area contributed by atoms with Gasteiger partial charge in [0, 0.05) is 26.2 Å². The van der Waals surface area contributed by atoms with E-state index in [1.54, 1.807) is 0 Å². The van der Waals surface area contributed by atoms with Crippen molar-refractivity contribution >= 4 is 33.9 Å². The van der Waals surface area contributed by atoms with E-state index < -0.39 is 5.97 Å². The zero-order valence-corrected chi connectivity index (χ0v) is 12.3. The smallest absolute Gasteiger partial charge is 0.343 e. The summed E-state index contributed by atoms with van der Waals surface area (Å²) >= 11 is 1.19. The molecule has 1 atom stereocenters. The van der Waals surface area contributed by atoms with Crippen LogP contribution in [0.3, 0.4) is 0 Å². The first kappa shape index (κ1) is 14.6. The molecule has 20 heavy (non-hydrogen) atoms. The van der Waals surface area contributed by atoms with E-state index in [0.717, 1.165) is 13.0 Å². The summed E-state index contributed by atoms with van der Waals surface area (Å²) in [7, 11) is 2.81. The highest BCUT2D eigenvalue weighted by Crippen LogP contribution is 2.39. The number of amides is 1. The Balaban J connectivity index is 2.48. The molecular weight excluding hydrogens is 280 g/mol. The minimum absolute atomic E-state index is 0.0623. The fourth-order valence-electron chi connectivity index (χ4n) is 2.21. The average molecular weight is 298 g/mol. The van der Waals surface area contributed by atoms with Crippen LogP contribution >= 0.6 is 11.3 Å². The number of nitrogens with two attached hydrogens (primary N) is 2. The van der Waals surface area contributed by atoms with Crippen LogP contribution in [0.25, 0.3) is 0 Å². The molecule has 1 aliphatic heterocycles. The number of rotatable bonds is 3. The third-order valence-corrected chi connectivity index (χ3v) is 4.53. The Morgan fingerprint density at radius 3 is 2.70 bits per heavy atom. The van der Waals surface area contributed by atoms with Gasteiger partial charge < -0.3 is 26.4 Å². The number of anilines is 2. The molecule has 1 aliphatic rings. The molecule has 110 valence electrons. The van der Waals surface area contributed by atoms with Crippen molar-refractivity contribution in [2.45, 2.75) is 12.5 Å². The van der Waals surface area contributed by atoms with Crippen LogP contribution in [0, 0.1) is 0 Å². The van der Waals surface area contributed by atoms with Gasteiger partial charge in [0.2, 0.25) is 0 Å². The van der Waals surface area contributed by atoms with E-state index >= 15 is 0 Å². The molecule has 0 radical (unpaired) electrons. The zero-order valence-electron chi connectivity index (χ0n) is 11.4. The molecule has 0 saturated carbocycles. The summed E-state index contributed by atoms with van der Waals surface area (Å²) in [5.41, 5.74) is 12.3. The summed E-state index contributed by atoms with van der Waals surface area (Å²) in [6.45, 7) is 1.37. The lowest BCUT2D eigenvalue weighted by atomic mass is 10.2. The highest BCUT2D eigenvalue weighted by atomic mass is 32.1. The predicted molar refractivity (Wildman–Crippen MR) is 78.3 cm³/mol. The number of nitrogens with zero attached hydrogens (tertiary/aromatic N) is 1. The number of carbonyl (C=O) groups is 2. The molecule has 5 N–H and O–H groups in total. The molecule has 8 heteroatoms. The lowest BCUT2D eigenvalue weighted by Gasteiger charge is -2.17. The van der Waals surface area contributed by atoms with Gasteiger partial charge in [0.25, 0.3) is 5.91 Å². The molecule has 1 saturated heterocycles. The second kappa shape index (κ2) is 5.68. The van der Waals surface area contributed by atoms with E-state index in [-0.39, 0.29) is 23.2 Å². The third kappa shape index (κ3) is 2.44.